The number of anilines is 2. The maximum atomic E-state index is 4.58. The molecule has 0 saturated carbocycles. The third kappa shape index (κ3) is 4.07. The van der Waals surface area contributed by atoms with Crippen LogP contribution in [0.25, 0.3) is 0 Å². The van der Waals surface area contributed by atoms with Gasteiger partial charge in [-0.2, -0.15) is 10.1 Å². The highest BCUT2D eigenvalue weighted by molar-refractivity contribution is 5.41. The zero-order chi connectivity index (χ0) is 16.8. The Kier molecular flexibility index (Phi) is 5.01. The fourth-order valence-electron chi connectivity index (χ4n) is 2.50. The van der Waals surface area contributed by atoms with E-state index >= 15 is 0 Å². The Balaban J connectivity index is 1.69. The van der Waals surface area contributed by atoms with Crippen molar-refractivity contribution < 1.29 is 0 Å². The van der Waals surface area contributed by atoms with Gasteiger partial charge in [0.15, 0.2) is 5.82 Å². The Labute approximate surface area is 142 Å². The lowest BCUT2D eigenvalue weighted by Crippen LogP contribution is -2.19. The largest absolute Gasteiger partial charge is 0.354 e. The van der Waals surface area contributed by atoms with E-state index in [0.29, 0.717) is 5.95 Å². The third-order valence-corrected chi connectivity index (χ3v) is 3.84. The molecule has 0 aliphatic rings. The Bertz CT molecular complexity index is 761. The molecular weight excluding hydrogens is 298 g/mol. The van der Waals surface area contributed by atoms with Crippen LogP contribution in [0.5, 0.6) is 0 Å². The average molecular weight is 319 g/mol. The zero-order valence-electron chi connectivity index (χ0n) is 13.9. The Morgan fingerprint density at radius 2 is 1.67 bits per heavy atom. The van der Waals surface area contributed by atoms with Gasteiger partial charge in [0.2, 0.25) is 5.95 Å². The van der Waals surface area contributed by atoms with Gasteiger partial charge in [0.1, 0.15) is 0 Å². The molecule has 0 fully saturated rings. The first kappa shape index (κ1) is 15.9. The molecule has 1 aromatic heterocycles. The number of nitrogens with one attached hydrogen (secondary N) is 1. The van der Waals surface area contributed by atoms with Crippen molar-refractivity contribution in [2.24, 2.45) is 0 Å². The monoisotopic (exact) mass is 319 g/mol. The molecule has 1 atom stereocenters. The molecule has 0 amide bonds. The number of nitrogens with zero attached hydrogens (tertiary/aromatic N) is 4. The Morgan fingerprint density at radius 3 is 2.38 bits per heavy atom. The van der Waals surface area contributed by atoms with Gasteiger partial charge < -0.3 is 10.2 Å². The number of hydrogen-bond acceptors (Lipinski definition) is 5. The van der Waals surface area contributed by atoms with Crippen molar-refractivity contribution in [2.75, 3.05) is 17.3 Å². The van der Waals surface area contributed by atoms with E-state index in [1.165, 1.54) is 11.1 Å². The topological polar surface area (TPSA) is 53.9 Å². The molecule has 0 aliphatic heterocycles. The SMILES string of the molecule is CC(Nc1nncc(N(C)Cc2ccccc2)n1)c1ccccc1. The van der Waals surface area contributed by atoms with Crippen LogP contribution in [0.1, 0.15) is 24.1 Å². The molecule has 24 heavy (non-hydrogen) atoms. The summed E-state index contributed by atoms with van der Waals surface area (Å²) < 4.78 is 0. The second kappa shape index (κ2) is 7.55. The minimum Gasteiger partial charge on any atom is -0.354 e. The molecule has 1 heterocycles. The van der Waals surface area contributed by atoms with E-state index in [1.54, 1.807) is 6.20 Å². The van der Waals surface area contributed by atoms with Gasteiger partial charge in [-0.1, -0.05) is 60.7 Å². The average Bonchev–Trinajstić information content (AvgIpc) is 2.63. The second-order valence-electron chi connectivity index (χ2n) is 5.76. The number of rotatable bonds is 6. The summed E-state index contributed by atoms with van der Waals surface area (Å²) in [4.78, 5) is 6.63. The van der Waals surface area contributed by atoms with Crippen LogP contribution < -0.4 is 10.2 Å². The normalized spacial score (nSPS) is 11.8. The highest BCUT2D eigenvalue weighted by Gasteiger charge is 2.10. The van der Waals surface area contributed by atoms with Crippen molar-refractivity contribution in [3.05, 3.63) is 78.0 Å². The highest BCUT2D eigenvalue weighted by atomic mass is 15.3. The van der Waals surface area contributed by atoms with Crippen molar-refractivity contribution in [2.45, 2.75) is 19.5 Å². The zero-order valence-corrected chi connectivity index (χ0v) is 13.9. The summed E-state index contributed by atoms with van der Waals surface area (Å²) >= 11 is 0. The maximum absolute atomic E-state index is 4.58. The molecule has 3 rings (SSSR count). The molecule has 122 valence electrons. The maximum Gasteiger partial charge on any atom is 0.245 e. The van der Waals surface area contributed by atoms with Gasteiger partial charge in [-0.15, -0.1) is 5.10 Å². The van der Waals surface area contributed by atoms with Gasteiger partial charge in [-0.05, 0) is 18.1 Å². The van der Waals surface area contributed by atoms with Gasteiger partial charge in [0.25, 0.3) is 0 Å². The summed E-state index contributed by atoms with van der Waals surface area (Å²) in [6.07, 6.45) is 1.68. The van der Waals surface area contributed by atoms with Gasteiger partial charge in [-0.25, -0.2) is 0 Å². The molecule has 3 aromatic rings. The molecule has 0 radical (unpaired) electrons. The van der Waals surface area contributed by atoms with E-state index < -0.39 is 0 Å². The van der Waals surface area contributed by atoms with Crippen LogP contribution in [-0.2, 0) is 6.54 Å². The van der Waals surface area contributed by atoms with Crippen LogP contribution in [0.3, 0.4) is 0 Å². The van der Waals surface area contributed by atoms with Crippen LogP contribution in [-0.4, -0.2) is 22.2 Å². The molecule has 0 aliphatic carbocycles. The van der Waals surface area contributed by atoms with Crippen LogP contribution in [0.2, 0.25) is 0 Å². The minimum absolute atomic E-state index is 0.114. The van der Waals surface area contributed by atoms with Crippen LogP contribution in [0.15, 0.2) is 66.9 Å². The summed E-state index contributed by atoms with van der Waals surface area (Å²) in [5, 5.41) is 11.5. The third-order valence-electron chi connectivity index (χ3n) is 3.84. The van der Waals surface area contributed by atoms with Crippen molar-refractivity contribution in [3.63, 3.8) is 0 Å². The molecule has 1 unspecified atom stereocenters. The predicted octanol–water partition coefficient (Wildman–Crippen LogP) is 3.68. The Morgan fingerprint density at radius 1 is 1.00 bits per heavy atom. The first-order chi connectivity index (χ1) is 11.7. The van der Waals surface area contributed by atoms with Crippen molar-refractivity contribution in [1.82, 2.24) is 15.2 Å². The smallest absolute Gasteiger partial charge is 0.245 e. The van der Waals surface area contributed by atoms with Crippen LogP contribution in [0.4, 0.5) is 11.8 Å². The lowest BCUT2D eigenvalue weighted by Gasteiger charge is -2.19. The first-order valence-electron chi connectivity index (χ1n) is 7.98. The number of benzene rings is 2. The fourth-order valence-corrected chi connectivity index (χ4v) is 2.50. The summed E-state index contributed by atoms with van der Waals surface area (Å²) in [6, 6.07) is 20.6. The van der Waals surface area contributed by atoms with Crippen molar-refractivity contribution >= 4 is 11.8 Å². The van der Waals surface area contributed by atoms with E-state index in [9.17, 15) is 0 Å². The van der Waals surface area contributed by atoms with E-state index in [2.05, 4.69) is 56.6 Å². The fraction of sp³-hybridized carbons (Fsp3) is 0.211. The lowest BCUT2D eigenvalue weighted by atomic mass is 10.1. The summed E-state index contributed by atoms with van der Waals surface area (Å²) in [5.74, 6) is 1.32. The highest BCUT2D eigenvalue weighted by Crippen LogP contribution is 2.18. The van der Waals surface area contributed by atoms with E-state index in [-0.39, 0.29) is 6.04 Å². The quantitative estimate of drug-likeness (QED) is 0.751. The van der Waals surface area contributed by atoms with Gasteiger partial charge >= 0.3 is 0 Å². The molecule has 5 heteroatoms. The summed E-state index contributed by atoms with van der Waals surface area (Å²) in [7, 11) is 2.00. The van der Waals surface area contributed by atoms with Crippen LogP contribution in [0, 0.1) is 0 Å². The van der Waals surface area contributed by atoms with E-state index in [4.69, 9.17) is 0 Å². The standard InChI is InChI=1S/C19H21N5/c1-15(17-11-7-4-8-12-17)21-19-22-18(13-20-23-19)24(2)14-16-9-5-3-6-10-16/h3-13,15H,14H2,1-2H3,(H,21,22,23). The Hall–Kier alpha value is -2.95. The van der Waals surface area contributed by atoms with Crippen LogP contribution >= 0.6 is 0 Å². The van der Waals surface area contributed by atoms with E-state index in [1.807, 2.05) is 43.4 Å². The summed E-state index contributed by atoms with van der Waals surface area (Å²) in [6.45, 7) is 2.85. The molecule has 0 spiro atoms. The van der Waals surface area contributed by atoms with E-state index in [0.717, 1.165) is 12.4 Å². The second-order valence-corrected chi connectivity index (χ2v) is 5.76. The molecule has 0 bridgehead atoms. The van der Waals surface area contributed by atoms with Crippen molar-refractivity contribution in [3.8, 4) is 0 Å². The molecular formula is C19H21N5. The first-order valence-corrected chi connectivity index (χ1v) is 7.98. The number of aromatic nitrogens is 3. The lowest BCUT2D eigenvalue weighted by molar-refractivity contribution is 0.820. The molecule has 5 nitrogen and oxygen atoms in total. The summed E-state index contributed by atoms with van der Waals surface area (Å²) in [5.41, 5.74) is 2.41. The van der Waals surface area contributed by atoms with Crippen molar-refractivity contribution in [1.29, 1.82) is 0 Å². The van der Waals surface area contributed by atoms with Gasteiger partial charge in [-0.3, -0.25) is 0 Å². The number of hydrogen-bond donors (Lipinski definition) is 1. The molecule has 1 N–H and O–H groups in total. The van der Waals surface area contributed by atoms with Gasteiger partial charge in [0.05, 0.1) is 12.2 Å². The molecule has 2 aromatic carbocycles. The predicted molar refractivity (Wildman–Crippen MR) is 96.9 cm³/mol. The molecule has 0 saturated heterocycles. The minimum atomic E-state index is 0.114. The van der Waals surface area contributed by atoms with Gasteiger partial charge in [0, 0.05) is 13.6 Å².